The topological polar surface area (TPSA) is 70.2 Å². The normalized spacial score (nSPS) is 13.1. The summed E-state index contributed by atoms with van der Waals surface area (Å²) in [6, 6.07) is 13.0. The molecule has 0 atom stereocenters. The van der Waals surface area contributed by atoms with E-state index in [-0.39, 0.29) is 12.6 Å². The molecule has 0 bridgehead atoms. The van der Waals surface area contributed by atoms with Gasteiger partial charge in [-0.05, 0) is 31.2 Å². The molecule has 1 aliphatic rings. The Morgan fingerprint density at radius 2 is 1.81 bits per heavy atom. The number of halogens is 2. The number of aromatic nitrogens is 2. The van der Waals surface area contributed by atoms with E-state index in [1.165, 1.54) is 11.1 Å². The standard InChI is InChI=1S/C19H15Cl2N5O/c1-11-5-7-12(8-6-11)24-19-22-9-13-17(25-19)23-10-26(18(13)27)16-14(20)3-2-4-15(16)21/h2-9H,10H2,1H3,(H2,22,23,24,25). The summed E-state index contributed by atoms with van der Waals surface area (Å²) in [5.41, 5.74) is 2.85. The fourth-order valence-corrected chi connectivity index (χ4v) is 3.40. The molecule has 1 aromatic heterocycles. The van der Waals surface area contributed by atoms with E-state index in [2.05, 4.69) is 20.6 Å². The first-order chi connectivity index (χ1) is 13.0. The highest BCUT2D eigenvalue weighted by Gasteiger charge is 2.29. The van der Waals surface area contributed by atoms with Crippen LogP contribution in [0.15, 0.2) is 48.7 Å². The lowest BCUT2D eigenvalue weighted by atomic mass is 10.2. The fourth-order valence-electron chi connectivity index (χ4n) is 2.80. The summed E-state index contributed by atoms with van der Waals surface area (Å²) in [6.07, 6.45) is 1.49. The van der Waals surface area contributed by atoms with Crippen molar-refractivity contribution >= 4 is 52.3 Å². The number of hydrogen-bond donors (Lipinski definition) is 2. The van der Waals surface area contributed by atoms with Crippen molar-refractivity contribution in [3.8, 4) is 0 Å². The first-order valence-corrected chi connectivity index (χ1v) is 8.99. The van der Waals surface area contributed by atoms with Crippen molar-refractivity contribution in [2.45, 2.75) is 6.92 Å². The van der Waals surface area contributed by atoms with Gasteiger partial charge in [0.05, 0.1) is 22.4 Å². The number of rotatable bonds is 3. The lowest BCUT2D eigenvalue weighted by molar-refractivity contribution is 0.0985. The minimum absolute atomic E-state index is 0.205. The second-order valence-electron chi connectivity index (χ2n) is 6.09. The van der Waals surface area contributed by atoms with Crippen LogP contribution in [0.5, 0.6) is 0 Å². The molecule has 8 heteroatoms. The van der Waals surface area contributed by atoms with Gasteiger partial charge in [0.15, 0.2) is 0 Å². The maximum Gasteiger partial charge on any atom is 0.265 e. The number of aryl methyl sites for hydroxylation is 1. The SMILES string of the molecule is Cc1ccc(Nc2ncc3c(n2)NCN(c2c(Cl)cccc2Cl)C3=O)cc1. The van der Waals surface area contributed by atoms with Crippen molar-refractivity contribution < 1.29 is 4.79 Å². The summed E-state index contributed by atoms with van der Waals surface area (Å²) < 4.78 is 0. The average molecular weight is 400 g/mol. The van der Waals surface area contributed by atoms with Gasteiger partial charge < -0.3 is 10.6 Å². The molecule has 0 saturated carbocycles. The van der Waals surface area contributed by atoms with Crippen LogP contribution in [0.25, 0.3) is 0 Å². The quantitative estimate of drug-likeness (QED) is 0.657. The number of fused-ring (bicyclic) bond motifs is 1. The number of nitrogens with one attached hydrogen (secondary N) is 2. The molecule has 1 aliphatic heterocycles. The number of carbonyl (C=O) groups is 1. The number of carbonyl (C=O) groups excluding carboxylic acids is 1. The molecular formula is C19H15Cl2N5O. The van der Waals surface area contributed by atoms with Gasteiger partial charge in [-0.1, -0.05) is 47.0 Å². The van der Waals surface area contributed by atoms with Crippen LogP contribution in [0.3, 0.4) is 0 Å². The van der Waals surface area contributed by atoms with E-state index in [0.29, 0.717) is 33.1 Å². The van der Waals surface area contributed by atoms with E-state index in [0.717, 1.165) is 11.3 Å². The Kier molecular flexibility index (Phi) is 4.59. The lowest BCUT2D eigenvalue weighted by Gasteiger charge is -2.30. The largest absolute Gasteiger partial charge is 0.351 e. The van der Waals surface area contributed by atoms with Gasteiger partial charge in [0.1, 0.15) is 11.4 Å². The van der Waals surface area contributed by atoms with Gasteiger partial charge in [-0.25, -0.2) is 4.98 Å². The molecule has 0 unspecified atom stereocenters. The van der Waals surface area contributed by atoms with E-state index < -0.39 is 0 Å². The van der Waals surface area contributed by atoms with E-state index in [1.807, 2.05) is 31.2 Å². The van der Waals surface area contributed by atoms with E-state index in [4.69, 9.17) is 23.2 Å². The van der Waals surface area contributed by atoms with Gasteiger partial charge in [-0.15, -0.1) is 0 Å². The number of anilines is 4. The molecule has 27 heavy (non-hydrogen) atoms. The Balaban J connectivity index is 1.61. The average Bonchev–Trinajstić information content (AvgIpc) is 2.65. The molecular weight excluding hydrogens is 385 g/mol. The Morgan fingerprint density at radius 3 is 2.52 bits per heavy atom. The van der Waals surface area contributed by atoms with Crippen molar-refractivity contribution in [1.29, 1.82) is 0 Å². The summed E-state index contributed by atoms with van der Waals surface area (Å²) >= 11 is 12.5. The van der Waals surface area contributed by atoms with Gasteiger partial charge in [0, 0.05) is 11.9 Å². The highest BCUT2D eigenvalue weighted by atomic mass is 35.5. The molecule has 0 fully saturated rings. The summed E-state index contributed by atoms with van der Waals surface area (Å²) in [4.78, 5) is 23.0. The van der Waals surface area contributed by atoms with Crippen LogP contribution < -0.4 is 15.5 Å². The Bertz CT molecular complexity index is 1000. The third-order valence-electron chi connectivity index (χ3n) is 4.18. The van der Waals surface area contributed by atoms with E-state index in [9.17, 15) is 4.79 Å². The zero-order valence-electron chi connectivity index (χ0n) is 14.3. The van der Waals surface area contributed by atoms with Crippen LogP contribution in [0.1, 0.15) is 15.9 Å². The Hall–Kier alpha value is -2.83. The molecule has 3 aromatic rings. The number of hydrogen-bond acceptors (Lipinski definition) is 5. The molecule has 2 aromatic carbocycles. The van der Waals surface area contributed by atoms with Gasteiger partial charge in [0.2, 0.25) is 5.95 Å². The predicted octanol–water partition coefficient (Wildman–Crippen LogP) is 4.87. The van der Waals surface area contributed by atoms with Crippen molar-refractivity contribution in [3.63, 3.8) is 0 Å². The maximum atomic E-state index is 12.9. The Morgan fingerprint density at radius 1 is 1.11 bits per heavy atom. The fraction of sp³-hybridized carbons (Fsp3) is 0.105. The molecule has 0 saturated heterocycles. The molecule has 0 radical (unpaired) electrons. The molecule has 136 valence electrons. The molecule has 0 spiro atoms. The zero-order chi connectivity index (χ0) is 19.0. The first kappa shape index (κ1) is 17.6. The van der Waals surface area contributed by atoms with Crippen molar-refractivity contribution in [2.24, 2.45) is 0 Å². The minimum Gasteiger partial charge on any atom is -0.351 e. The zero-order valence-corrected chi connectivity index (χ0v) is 15.8. The van der Waals surface area contributed by atoms with Crippen LogP contribution in [0.4, 0.5) is 23.1 Å². The van der Waals surface area contributed by atoms with Crippen LogP contribution in [-0.2, 0) is 0 Å². The van der Waals surface area contributed by atoms with E-state index >= 15 is 0 Å². The summed E-state index contributed by atoms with van der Waals surface area (Å²) in [5.74, 6) is 0.604. The van der Waals surface area contributed by atoms with E-state index in [1.54, 1.807) is 18.2 Å². The third kappa shape index (κ3) is 3.41. The first-order valence-electron chi connectivity index (χ1n) is 8.23. The van der Waals surface area contributed by atoms with Crippen LogP contribution >= 0.6 is 23.2 Å². The van der Waals surface area contributed by atoms with Gasteiger partial charge in [-0.2, -0.15) is 4.98 Å². The van der Waals surface area contributed by atoms with Gasteiger partial charge in [-0.3, -0.25) is 9.69 Å². The molecule has 2 heterocycles. The van der Waals surface area contributed by atoms with Crippen LogP contribution in [0.2, 0.25) is 10.0 Å². The number of para-hydroxylation sites is 1. The molecule has 1 amide bonds. The smallest absolute Gasteiger partial charge is 0.265 e. The summed E-state index contributed by atoms with van der Waals surface area (Å²) in [5, 5.41) is 7.06. The molecule has 4 rings (SSSR count). The van der Waals surface area contributed by atoms with Crippen molar-refractivity contribution in [1.82, 2.24) is 9.97 Å². The van der Waals surface area contributed by atoms with Crippen molar-refractivity contribution in [3.05, 3.63) is 69.8 Å². The molecule has 2 N–H and O–H groups in total. The second-order valence-corrected chi connectivity index (χ2v) is 6.90. The number of benzene rings is 2. The minimum atomic E-state index is -0.263. The lowest BCUT2D eigenvalue weighted by Crippen LogP contribution is -2.41. The van der Waals surface area contributed by atoms with Crippen LogP contribution in [-0.4, -0.2) is 22.5 Å². The highest BCUT2D eigenvalue weighted by molar-refractivity contribution is 6.40. The summed E-state index contributed by atoms with van der Waals surface area (Å²) in [7, 11) is 0. The Labute approximate surface area is 166 Å². The summed E-state index contributed by atoms with van der Waals surface area (Å²) in [6.45, 7) is 2.22. The molecule has 6 nitrogen and oxygen atoms in total. The monoisotopic (exact) mass is 399 g/mol. The third-order valence-corrected chi connectivity index (χ3v) is 4.79. The van der Waals surface area contributed by atoms with Crippen molar-refractivity contribution in [2.75, 3.05) is 22.2 Å². The number of nitrogens with zero attached hydrogens (tertiary/aromatic N) is 3. The van der Waals surface area contributed by atoms with Gasteiger partial charge in [0.25, 0.3) is 5.91 Å². The van der Waals surface area contributed by atoms with Gasteiger partial charge >= 0.3 is 0 Å². The second kappa shape index (κ2) is 7.06. The predicted molar refractivity (Wildman–Crippen MR) is 108 cm³/mol. The molecule has 0 aliphatic carbocycles. The maximum absolute atomic E-state index is 12.9. The van der Waals surface area contributed by atoms with Crippen LogP contribution in [0, 0.1) is 6.92 Å². The number of amides is 1. The highest BCUT2D eigenvalue weighted by Crippen LogP contribution is 2.36.